The van der Waals surface area contributed by atoms with Crippen LogP contribution in [-0.2, 0) is 0 Å². The van der Waals surface area contributed by atoms with Gasteiger partial charge in [-0.2, -0.15) is 0 Å². The minimum Gasteiger partial charge on any atom is -0.543 e. The Bertz CT molecular complexity index is 275. The summed E-state index contributed by atoms with van der Waals surface area (Å²) >= 11 is 0. The second kappa shape index (κ2) is 2.37. The smallest absolute Gasteiger partial charge is 0.159 e. The highest BCUT2D eigenvalue weighted by Crippen LogP contribution is 1.98. The third-order valence-corrected chi connectivity index (χ3v) is 0.875. The van der Waals surface area contributed by atoms with Crippen molar-refractivity contribution in [1.82, 2.24) is 10.3 Å². The van der Waals surface area contributed by atoms with Gasteiger partial charge >= 0.3 is 0 Å². The summed E-state index contributed by atoms with van der Waals surface area (Å²) in [5.74, 6) is -3.55. The molecule has 0 aromatic carbocycles. The van der Waals surface area contributed by atoms with Gasteiger partial charge in [-0.3, -0.25) is 0 Å². The maximum absolute atomic E-state index is 10.0. The summed E-state index contributed by atoms with van der Waals surface area (Å²) < 4.78 is 3.83. The topological polar surface area (TPSA) is 119 Å². The van der Waals surface area contributed by atoms with Crippen molar-refractivity contribution in [2.45, 2.75) is 0 Å². The fourth-order valence-electron chi connectivity index (χ4n) is 0.456. The molecular weight excluding hydrogens is 156 g/mol. The molecule has 0 aliphatic heterocycles. The van der Waals surface area contributed by atoms with Crippen LogP contribution in [0.15, 0.2) is 4.63 Å². The van der Waals surface area contributed by atoms with Gasteiger partial charge in [0.05, 0.1) is 11.9 Å². The predicted octanol–water partition coefficient (Wildman–Crippen LogP) is -3.20. The highest BCUT2D eigenvalue weighted by molar-refractivity contribution is 5.96. The van der Waals surface area contributed by atoms with Crippen molar-refractivity contribution in [3.63, 3.8) is 0 Å². The van der Waals surface area contributed by atoms with E-state index in [4.69, 9.17) is 0 Å². The Hall–Kier alpha value is -1.92. The molecule has 11 heavy (non-hydrogen) atoms. The van der Waals surface area contributed by atoms with Gasteiger partial charge in [-0.15, -0.1) is 0 Å². The summed E-state index contributed by atoms with van der Waals surface area (Å²) in [4.78, 5) is 20.0. The minimum atomic E-state index is -1.77. The Morgan fingerprint density at radius 1 is 1.09 bits per heavy atom. The first-order valence-corrected chi connectivity index (χ1v) is 2.38. The van der Waals surface area contributed by atoms with Crippen molar-refractivity contribution in [2.75, 3.05) is 0 Å². The molecule has 1 rings (SSSR count). The van der Waals surface area contributed by atoms with E-state index < -0.39 is 23.3 Å². The van der Waals surface area contributed by atoms with Crippen molar-refractivity contribution >= 4 is 11.9 Å². The SMILES string of the molecule is O=C([O-])c1nonc1C(=O)[O-]. The van der Waals surface area contributed by atoms with Crippen LogP contribution >= 0.6 is 0 Å². The highest BCUT2D eigenvalue weighted by Gasteiger charge is 2.10. The van der Waals surface area contributed by atoms with Crippen LogP contribution in [0.2, 0.25) is 0 Å². The minimum absolute atomic E-state index is 0.870. The molecule has 1 heterocycles. The predicted molar refractivity (Wildman–Crippen MR) is 23.0 cm³/mol. The number of carbonyl (C=O) groups is 2. The third-order valence-electron chi connectivity index (χ3n) is 0.875. The number of nitrogens with zero attached hydrogens (tertiary/aromatic N) is 2. The second-order valence-corrected chi connectivity index (χ2v) is 1.54. The number of carboxylic acids is 2. The Balaban J connectivity index is 3.16. The number of carbonyl (C=O) groups excluding carboxylic acids is 2. The van der Waals surface area contributed by atoms with Crippen molar-refractivity contribution in [3.05, 3.63) is 11.4 Å². The molecule has 0 unspecified atom stereocenters. The monoisotopic (exact) mass is 156 g/mol. The van der Waals surface area contributed by atoms with Gasteiger partial charge in [0.1, 0.15) is 0 Å². The van der Waals surface area contributed by atoms with E-state index in [0.29, 0.717) is 0 Å². The number of carboxylic acid groups (broad SMARTS) is 2. The Labute approximate surface area is 59.2 Å². The molecular formula is C4N2O5-2. The van der Waals surface area contributed by atoms with Gasteiger partial charge in [0.15, 0.2) is 11.4 Å². The van der Waals surface area contributed by atoms with Gasteiger partial charge in [-0.25, -0.2) is 4.63 Å². The first-order chi connectivity index (χ1) is 5.13. The molecule has 1 aromatic rings. The molecule has 58 valence electrons. The lowest BCUT2D eigenvalue weighted by Gasteiger charge is -1.98. The molecule has 0 radical (unpaired) electrons. The van der Waals surface area contributed by atoms with Crippen LogP contribution in [0, 0.1) is 0 Å². The van der Waals surface area contributed by atoms with E-state index in [1.54, 1.807) is 0 Å². The largest absolute Gasteiger partial charge is 0.543 e. The van der Waals surface area contributed by atoms with Crippen LogP contribution in [0.4, 0.5) is 0 Å². The van der Waals surface area contributed by atoms with E-state index in [2.05, 4.69) is 14.9 Å². The van der Waals surface area contributed by atoms with Gasteiger partial charge in [0, 0.05) is 0 Å². The lowest BCUT2D eigenvalue weighted by Crippen LogP contribution is -2.30. The molecule has 0 aliphatic carbocycles. The van der Waals surface area contributed by atoms with Crippen molar-refractivity contribution < 1.29 is 24.4 Å². The van der Waals surface area contributed by atoms with Gasteiger partial charge in [-0.05, 0) is 10.3 Å². The number of hydrogen-bond donors (Lipinski definition) is 0. The van der Waals surface area contributed by atoms with Crippen molar-refractivity contribution in [1.29, 1.82) is 0 Å². The lowest BCUT2D eigenvalue weighted by molar-refractivity contribution is -0.260. The lowest BCUT2D eigenvalue weighted by atomic mass is 10.3. The van der Waals surface area contributed by atoms with E-state index in [0.717, 1.165) is 0 Å². The molecule has 0 aliphatic rings. The summed E-state index contributed by atoms with van der Waals surface area (Å²) in [5, 5.41) is 25.6. The summed E-state index contributed by atoms with van der Waals surface area (Å²) in [6.07, 6.45) is 0. The normalized spacial score (nSPS) is 9.45. The fraction of sp³-hybridized carbons (Fsp3) is 0. The molecule has 0 atom stereocenters. The average Bonchev–Trinajstić information content (AvgIpc) is 2.32. The third kappa shape index (κ3) is 1.16. The Morgan fingerprint density at radius 2 is 1.45 bits per heavy atom. The standard InChI is InChI=1S/C4H2N2O5/c7-3(8)1-2(4(9)10)6-11-5-1/h(H,7,8)(H,9,10)/p-2. The first-order valence-electron chi connectivity index (χ1n) is 2.38. The van der Waals surface area contributed by atoms with E-state index in [-0.39, 0.29) is 0 Å². The van der Waals surface area contributed by atoms with Gasteiger partial charge in [0.2, 0.25) is 0 Å². The zero-order valence-electron chi connectivity index (χ0n) is 4.94. The van der Waals surface area contributed by atoms with Crippen LogP contribution in [-0.4, -0.2) is 22.3 Å². The summed E-state index contributed by atoms with van der Waals surface area (Å²) in [6, 6.07) is 0. The zero-order valence-corrected chi connectivity index (χ0v) is 4.94. The quantitative estimate of drug-likeness (QED) is 0.442. The zero-order chi connectivity index (χ0) is 8.43. The Kier molecular flexibility index (Phi) is 1.55. The van der Waals surface area contributed by atoms with Gasteiger partial charge in [0.25, 0.3) is 0 Å². The van der Waals surface area contributed by atoms with Crippen LogP contribution in [0.5, 0.6) is 0 Å². The second-order valence-electron chi connectivity index (χ2n) is 1.54. The molecule has 0 amide bonds. The summed E-state index contributed by atoms with van der Waals surface area (Å²) in [5.41, 5.74) is -1.74. The fourth-order valence-corrected chi connectivity index (χ4v) is 0.456. The van der Waals surface area contributed by atoms with E-state index in [9.17, 15) is 19.8 Å². The number of hydrogen-bond acceptors (Lipinski definition) is 7. The molecule has 7 heteroatoms. The van der Waals surface area contributed by atoms with Crippen LogP contribution in [0.25, 0.3) is 0 Å². The number of rotatable bonds is 2. The van der Waals surface area contributed by atoms with Gasteiger partial charge in [-0.1, -0.05) is 0 Å². The maximum atomic E-state index is 10.0. The van der Waals surface area contributed by atoms with Crippen LogP contribution in [0.1, 0.15) is 21.0 Å². The van der Waals surface area contributed by atoms with Crippen molar-refractivity contribution in [2.24, 2.45) is 0 Å². The summed E-state index contributed by atoms with van der Waals surface area (Å²) in [6.45, 7) is 0. The molecule has 0 fully saturated rings. The molecule has 0 saturated carbocycles. The van der Waals surface area contributed by atoms with E-state index in [1.165, 1.54) is 0 Å². The first kappa shape index (κ1) is 7.19. The van der Waals surface area contributed by atoms with E-state index in [1.807, 2.05) is 0 Å². The molecule has 0 spiro atoms. The molecule has 0 bridgehead atoms. The molecule has 0 N–H and O–H groups in total. The number of aromatic nitrogens is 2. The maximum Gasteiger partial charge on any atom is 0.159 e. The van der Waals surface area contributed by atoms with Gasteiger partial charge < -0.3 is 19.8 Å². The van der Waals surface area contributed by atoms with Crippen LogP contribution in [0.3, 0.4) is 0 Å². The molecule has 7 nitrogen and oxygen atoms in total. The Morgan fingerprint density at radius 3 is 1.73 bits per heavy atom. The average molecular weight is 156 g/mol. The highest BCUT2D eigenvalue weighted by atomic mass is 16.6. The van der Waals surface area contributed by atoms with E-state index >= 15 is 0 Å². The number of aromatic carboxylic acids is 2. The molecule has 1 aromatic heterocycles. The van der Waals surface area contributed by atoms with Crippen molar-refractivity contribution in [3.8, 4) is 0 Å². The van der Waals surface area contributed by atoms with Crippen LogP contribution < -0.4 is 10.2 Å². The molecule has 0 saturated heterocycles. The summed E-state index contributed by atoms with van der Waals surface area (Å²) in [7, 11) is 0.